The summed E-state index contributed by atoms with van der Waals surface area (Å²) in [5, 5.41) is 15.0. The van der Waals surface area contributed by atoms with Crippen molar-refractivity contribution in [3.8, 4) is 11.5 Å². The van der Waals surface area contributed by atoms with E-state index in [-0.39, 0.29) is 36.0 Å². The van der Waals surface area contributed by atoms with E-state index in [1.54, 1.807) is 33.2 Å². The Kier molecular flexibility index (Phi) is 14.3. The van der Waals surface area contributed by atoms with Crippen LogP contribution in [0.2, 0.25) is 0 Å². The highest BCUT2D eigenvalue weighted by atomic mass is 16.5. The van der Waals surface area contributed by atoms with Gasteiger partial charge in [0.15, 0.2) is 11.5 Å². The smallest absolute Gasteiger partial charge is 0.225 e. The first-order chi connectivity index (χ1) is 17.0. The van der Waals surface area contributed by atoms with Crippen molar-refractivity contribution in [3.05, 3.63) is 34.2 Å². The van der Waals surface area contributed by atoms with Crippen molar-refractivity contribution in [1.82, 2.24) is 4.90 Å². The average Bonchev–Trinajstić information content (AvgIpc) is 2.83. The van der Waals surface area contributed by atoms with Gasteiger partial charge in [0.1, 0.15) is 0 Å². The van der Waals surface area contributed by atoms with Gasteiger partial charge in [0.25, 0.3) is 0 Å². The molecule has 9 nitrogen and oxygen atoms in total. The van der Waals surface area contributed by atoms with Gasteiger partial charge >= 0.3 is 0 Å². The summed E-state index contributed by atoms with van der Waals surface area (Å²) in [6.45, 7) is 9.34. The highest BCUT2D eigenvalue weighted by Gasteiger charge is 2.31. The molecule has 0 aliphatic carbocycles. The average molecular weight is 507 g/mol. The van der Waals surface area contributed by atoms with Crippen LogP contribution in [0.4, 0.5) is 0 Å². The number of ether oxygens (including phenoxy) is 3. The maximum Gasteiger partial charge on any atom is 0.225 e. The van der Waals surface area contributed by atoms with Crippen LogP contribution < -0.4 is 9.47 Å². The lowest BCUT2D eigenvalue weighted by molar-refractivity contribution is -0.135. The van der Waals surface area contributed by atoms with Gasteiger partial charge in [-0.25, -0.2) is 0 Å². The number of hydrogen-bond donors (Lipinski definition) is 1. The molecule has 0 aromatic heterocycles. The first-order valence-corrected chi connectivity index (χ1v) is 12.8. The van der Waals surface area contributed by atoms with E-state index in [1.165, 1.54) is 0 Å². The zero-order valence-corrected chi connectivity index (χ0v) is 23.3. The van der Waals surface area contributed by atoms with E-state index < -0.39 is 12.1 Å². The number of amides is 1. The number of rotatable bonds is 17. The molecule has 4 atom stereocenters. The Morgan fingerprint density at radius 1 is 1.08 bits per heavy atom. The van der Waals surface area contributed by atoms with Gasteiger partial charge in [0, 0.05) is 45.1 Å². The molecule has 0 bridgehead atoms. The van der Waals surface area contributed by atoms with Crippen molar-refractivity contribution in [1.29, 1.82) is 0 Å². The molecule has 9 heteroatoms. The molecule has 1 N–H and O–H groups in total. The highest BCUT2D eigenvalue weighted by molar-refractivity contribution is 5.78. The van der Waals surface area contributed by atoms with E-state index in [4.69, 9.17) is 14.2 Å². The highest BCUT2D eigenvalue weighted by Crippen LogP contribution is 2.32. The largest absolute Gasteiger partial charge is 0.493 e. The Morgan fingerprint density at radius 2 is 1.78 bits per heavy atom. The molecule has 0 fully saturated rings. The topological polar surface area (TPSA) is 117 Å². The number of carbonyl (C=O) groups excluding carboxylic acids is 1. The summed E-state index contributed by atoms with van der Waals surface area (Å²) in [7, 11) is 6.71. The predicted octanol–water partition coefficient (Wildman–Crippen LogP) is 5.11. The van der Waals surface area contributed by atoms with Gasteiger partial charge in [-0.05, 0) is 60.2 Å². The maximum absolute atomic E-state index is 12.7. The van der Waals surface area contributed by atoms with E-state index in [2.05, 4.69) is 23.9 Å². The molecule has 0 radical (unpaired) electrons. The van der Waals surface area contributed by atoms with E-state index in [0.29, 0.717) is 31.1 Å². The fourth-order valence-corrected chi connectivity index (χ4v) is 4.30. The molecule has 204 valence electrons. The Morgan fingerprint density at radius 3 is 2.31 bits per heavy atom. The van der Waals surface area contributed by atoms with Crippen molar-refractivity contribution in [2.24, 2.45) is 28.8 Å². The fourth-order valence-electron chi connectivity index (χ4n) is 4.30. The second-order valence-corrected chi connectivity index (χ2v) is 10.3. The SMILES string of the molecule is COCCCOc1cc(C[C@@H](C[C@H](N=[N+]=[N-])[C@@H](O)C[C@H](C(=O)N(C)C)C(C)C)C(C)C)ccc1OC. The first kappa shape index (κ1) is 31.5. The van der Waals surface area contributed by atoms with E-state index >= 15 is 0 Å². The Labute approximate surface area is 216 Å². The number of aliphatic hydroxyl groups excluding tert-OH is 1. The standard InChI is InChI=1S/C27H46N4O5/c1-18(2)21(14-20-10-11-25(35-8)26(15-20)36-13-9-12-34-7)16-23(29-30-28)24(32)17-22(19(3)4)27(33)31(5)6/h10-11,15,18-19,21-24,32H,9,12-14,16-17H2,1-8H3/t21-,22-,23-,24-/m0/s1. The van der Waals surface area contributed by atoms with E-state index in [9.17, 15) is 15.4 Å². The summed E-state index contributed by atoms with van der Waals surface area (Å²) in [6.07, 6.45) is 1.36. The minimum absolute atomic E-state index is 0.0274. The zero-order valence-electron chi connectivity index (χ0n) is 23.3. The molecule has 1 amide bonds. The van der Waals surface area contributed by atoms with Gasteiger partial charge < -0.3 is 24.2 Å². The number of carbonyl (C=O) groups is 1. The number of hydrogen-bond acceptors (Lipinski definition) is 6. The van der Waals surface area contributed by atoms with Gasteiger partial charge in [-0.2, -0.15) is 0 Å². The summed E-state index contributed by atoms with van der Waals surface area (Å²) in [6, 6.07) is 5.28. The van der Waals surface area contributed by atoms with Gasteiger partial charge in [0.2, 0.25) is 5.91 Å². The van der Waals surface area contributed by atoms with Gasteiger partial charge in [-0.3, -0.25) is 4.79 Å². The molecule has 0 unspecified atom stereocenters. The Hall–Kier alpha value is -2.48. The van der Waals surface area contributed by atoms with Crippen molar-refractivity contribution in [2.75, 3.05) is 41.5 Å². The molecule has 36 heavy (non-hydrogen) atoms. The number of azide groups is 1. The predicted molar refractivity (Wildman–Crippen MR) is 142 cm³/mol. The third-order valence-corrected chi connectivity index (χ3v) is 6.67. The number of methoxy groups -OCH3 is 2. The molecular formula is C27H46N4O5. The van der Waals surface area contributed by atoms with Gasteiger partial charge in [-0.15, -0.1) is 0 Å². The molecule has 1 rings (SSSR count). The molecule has 0 aliphatic heterocycles. The Bertz CT molecular complexity index is 839. The quantitative estimate of drug-likeness (QED) is 0.136. The molecule has 1 aromatic carbocycles. The number of nitrogens with zero attached hydrogens (tertiary/aromatic N) is 4. The van der Waals surface area contributed by atoms with Crippen LogP contribution in [-0.2, 0) is 16.0 Å². The molecule has 0 heterocycles. The third-order valence-electron chi connectivity index (χ3n) is 6.67. The van der Waals surface area contributed by atoms with Gasteiger partial charge in [0.05, 0.1) is 25.9 Å². The van der Waals surface area contributed by atoms with Crippen LogP contribution in [-0.4, -0.2) is 69.6 Å². The lowest BCUT2D eigenvalue weighted by Gasteiger charge is -2.30. The fraction of sp³-hybridized carbons (Fsp3) is 0.741. The van der Waals surface area contributed by atoms with Crippen LogP contribution in [0.3, 0.4) is 0 Å². The second-order valence-electron chi connectivity index (χ2n) is 10.3. The monoisotopic (exact) mass is 506 g/mol. The summed E-state index contributed by atoms with van der Waals surface area (Å²) < 4.78 is 16.5. The molecule has 0 aliphatic rings. The van der Waals surface area contributed by atoms with Crippen LogP contribution in [0.15, 0.2) is 23.3 Å². The molecule has 0 saturated carbocycles. The number of benzene rings is 1. The van der Waals surface area contributed by atoms with Gasteiger partial charge in [-0.1, -0.05) is 38.9 Å². The summed E-state index contributed by atoms with van der Waals surface area (Å²) in [5.74, 6) is 1.47. The minimum atomic E-state index is -0.908. The van der Waals surface area contributed by atoms with Crippen molar-refractivity contribution < 1.29 is 24.1 Å². The summed E-state index contributed by atoms with van der Waals surface area (Å²) >= 11 is 0. The van der Waals surface area contributed by atoms with Crippen molar-refractivity contribution >= 4 is 5.91 Å². The van der Waals surface area contributed by atoms with Crippen molar-refractivity contribution in [2.45, 2.75) is 65.5 Å². The van der Waals surface area contributed by atoms with Crippen molar-refractivity contribution in [3.63, 3.8) is 0 Å². The Balaban J connectivity index is 3.05. The zero-order chi connectivity index (χ0) is 27.3. The normalized spacial score (nSPS) is 14.6. The lowest BCUT2D eigenvalue weighted by Crippen LogP contribution is -2.38. The second kappa shape index (κ2) is 16.3. The molecular weight excluding hydrogens is 460 g/mol. The maximum atomic E-state index is 12.7. The van der Waals surface area contributed by atoms with E-state index in [1.807, 2.05) is 32.0 Å². The van der Waals surface area contributed by atoms with Crippen LogP contribution >= 0.6 is 0 Å². The molecule has 0 saturated heterocycles. The molecule has 0 spiro atoms. The first-order valence-electron chi connectivity index (χ1n) is 12.8. The molecule has 1 aromatic rings. The van der Waals surface area contributed by atoms with Crippen LogP contribution in [0.1, 0.15) is 52.5 Å². The van der Waals surface area contributed by atoms with Crippen LogP contribution in [0.5, 0.6) is 11.5 Å². The van der Waals surface area contributed by atoms with E-state index in [0.717, 1.165) is 18.4 Å². The lowest BCUT2D eigenvalue weighted by atomic mass is 9.80. The summed E-state index contributed by atoms with van der Waals surface area (Å²) in [4.78, 5) is 17.2. The number of aliphatic hydroxyl groups is 1. The minimum Gasteiger partial charge on any atom is -0.493 e. The van der Waals surface area contributed by atoms with Crippen LogP contribution in [0.25, 0.3) is 10.4 Å². The summed E-state index contributed by atoms with van der Waals surface area (Å²) in [5.41, 5.74) is 10.3. The van der Waals surface area contributed by atoms with Crippen LogP contribution in [0, 0.1) is 23.7 Å². The third kappa shape index (κ3) is 10.2.